The molecule has 2 heteroatoms. The van der Waals surface area contributed by atoms with E-state index in [1.165, 1.54) is 60.8 Å². The smallest absolute Gasteiger partial charge is 0.0561 e. The van der Waals surface area contributed by atoms with E-state index in [1.807, 2.05) is 0 Å². The van der Waals surface area contributed by atoms with Gasteiger partial charge in [-0.25, -0.2) is 0 Å². The van der Waals surface area contributed by atoms with Crippen molar-refractivity contribution >= 4 is 38.9 Å². The van der Waals surface area contributed by atoms with Gasteiger partial charge < -0.3 is 9.47 Å². The lowest BCUT2D eigenvalue weighted by Gasteiger charge is -2.26. The zero-order valence-corrected chi connectivity index (χ0v) is 30.8. The van der Waals surface area contributed by atoms with Gasteiger partial charge in [-0.2, -0.15) is 0 Å². The molecule has 0 radical (unpaired) electrons. The fraction of sp³-hybridized carbons (Fsp3) is 0. The van der Waals surface area contributed by atoms with Gasteiger partial charge in [-0.15, -0.1) is 0 Å². The van der Waals surface area contributed by atoms with E-state index in [0.717, 1.165) is 28.3 Å². The molecule has 0 saturated carbocycles. The van der Waals surface area contributed by atoms with E-state index >= 15 is 0 Å². The van der Waals surface area contributed by atoms with E-state index in [-0.39, 0.29) is 0 Å². The molecule has 0 aliphatic carbocycles. The Morgan fingerprint density at radius 1 is 0.250 bits per heavy atom. The van der Waals surface area contributed by atoms with Crippen molar-refractivity contribution in [2.24, 2.45) is 0 Å². The largest absolute Gasteiger partial charge is 0.310 e. The van der Waals surface area contributed by atoms with Crippen LogP contribution < -0.4 is 4.90 Å². The van der Waals surface area contributed by atoms with Crippen LogP contribution in [0.5, 0.6) is 0 Å². The summed E-state index contributed by atoms with van der Waals surface area (Å²) in [7, 11) is 0. The van der Waals surface area contributed by atoms with Gasteiger partial charge >= 0.3 is 0 Å². The molecule has 10 rings (SSSR count). The molecule has 0 bridgehead atoms. The highest BCUT2D eigenvalue weighted by Crippen LogP contribution is 2.41. The monoisotopic (exact) mass is 714 g/mol. The molecule has 0 N–H and O–H groups in total. The Morgan fingerprint density at radius 3 is 1.20 bits per heavy atom. The topological polar surface area (TPSA) is 8.17 Å². The van der Waals surface area contributed by atoms with Crippen molar-refractivity contribution in [3.63, 3.8) is 0 Å². The molecule has 56 heavy (non-hydrogen) atoms. The van der Waals surface area contributed by atoms with Crippen LogP contribution in [0.1, 0.15) is 0 Å². The molecule has 10 aromatic rings. The summed E-state index contributed by atoms with van der Waals surface area (Å²) in [4.78, 5) is 2.37. The van der Waals surface area contributed by atoms with Crippen LogP contribution in [0.3, 0.4) is 0 Å². The van der Waals surface area contributed by atoms with E-state index in [2.05, 4.69) is 240 Å². The minimum Gasteiger partial charge on any atom is -0.310 e. The van der Waals surface area contributed by atoms with Crippen molar-refractivity contribution < 1.29 is 0 Å². The average Bonchev–Trinajstić information content (AvgIpc) is 3.62. The van der Waals surface area contributed by atoms with Gasteiger partial charge in [0.2, 0.25) is 0 Å². The highest BCUT2D eigenvalue weighted by molar-refractivity contribution is 6.10. The van der Waals surface area contributed by atoms with Crippen molar-refractivity contribution in [3.8, 4) is 50.2 Å². The lowest BCUT2D eigenvalue weighted by Crippen LogP contribution is -2.10. The molecule has 0 fully saturated rings. The van der Waals surface area contributed by atoms with E-state index in [9.17, 15) is 0 Å². The Kier molecular flexibility index (Phi) is 8.55. The summed E-state index contributed by atoms with van der Waals surface area (Å²) in [5.74, 6) is 0. The van der Waals surface area contributed by atoms with Crippen LogP contribution >= 0.6 is 0 Å². The van der Waals surface area contributed by atoms with Crippen molar-refractivity contribution in [1.29, 1.82) is 0 Å². The van der Waals surface area contributed by atoms with Crippen LogP contribution in [-0.2, 0) is 0 Å². The fourth-order valence-corrected chi connectivity index (χ4v) is 8.00. The van der Waals surface area contributed by atoms with Crippen LogP contribution in [-0.4, -0.2) is 4.57 Å². The molecule has 0 unspecified atom stereocenters. The molecule has 1 aromatic heterocycles. The number of anilines is 3. The predicted molar refractivity (Wildman–Crippen MR) is 237 cm³/mol. The molecule has 0 saturated heterocycles. The summed E-state index contributed by atoms with van der Waals surface area (Å²) < 4.78 is 2.41. The van der Waals surface area contributed by atoms with Gasteiger partial charge in [0.05, 0.1) is 11.0 Å². The van der Waals surface area contributed by atoms with Gasteiger partial charge in [0.15, 0.2) is 0 Å². The number of hydrogen-bond donors (Lipinski definition) is 0. The normalized spacial score (nSPS) is 11.2. The Labute approximate surface area is 327 Å². The number of rotatable bonds is 8. The average molecular weight is 715 g/mol. The number of hydrogen-bond acceptors (Lipinski definition) is 1. The number of fused-ring (bicyclic) bond motifs is 3. The molecular weight excluding hydrogens is 677 g/mol. The van der Waals surface area contributed by atoms with Crippen LogP contribution in [0.4, 0.5) is 17.1 Å². The van der Waals surface area contributed by atoms with Crippen LogP contribution in [0.15, 0.2) is 231 Å². The Hall–Kier alpha value is -7.42. The molecule has 1 heterocycles. The van der Waals surface area contributed by atoms with Crippen molar-refractivity contribution in [3.05, 3.63) is 231 Å². The van der Waals surface area contributed by atoms with Crippen LogP contribution in [0.25, 0.3) is 72.0 Å². The summed E-state index contributed by atoms with van der Waals surface area (Å²) >= 11 is 0. The minimum absolute atomic E-state index is 1.09. The van der Waals surface area contributed by atoms with Gasteiger partial charge in [-0.3, -0.25) is 0 Å². The number of aromatic nitrogens is 1. The van der Waals surface area contributed by atoms with E-state index in [0.29, 0.717) is 0 Å². The van der Waals surface area contributed by atoms with Gasteiger partial charge in [0.1, 0.15) is 0 Å². The zero-order valence-electron chi connectivity index (χ0n) is 30.8. The van der Waals surface area contributed by atoms with Crippen LogP contribution in [0.2, 0.25) is 0 Å². The summed E-state index contributed by atoms with van der Waals surface area (Å²) in [6, 6.07) is 83.0. The standard InChI is InChI=1S/C54H38N2/c1-4-13-39(14-5-1)42-23-29-47(30-24-42)55(48-31-25-43(26-32-48)40-15-6-2-7-16-40)50-35-36-52-51-21-10-11-22-53(51)56(54(52)38-50)49-33-27-44(28-34-49)46-20-12-19-45(37-46)41-17-8-3-9-18-41/h1-38H. The first kappa shape index (κ1) is 33.2. The summed E-state index contributed by atoms with van der Waals surface area (Å²) in [6.07, 6.45) is 0. The highest BCUT2D eigenvalue weighted by atomic mass is 15.1. The van der Waals surface area contributed by atoms with E-state index in [4.69, 9.17) is 0 Å². The maximum absolute atomic E-state index is 2.41. The molecule has 0 atom stereocenters. The summed E-state index contributed by atoms with van der Waals surface area (Å²) in [5.41, 5.74) is 16.4. The first-order valence-electron chi connectivity index (χ1n) is 19.2. The zero-order chi connectivity index (χ0) is 37.3. The highest BCUT2D eigenvalue weighted by Gasteiger charge is 2.18. The second kappa shape index (κ2) is 14.4. The second-order valence-corrected chi connectivity index (χ2v) is 14.2. The fourth-order valence-electron chi connectivity index (χ4n) is 8.00. The molecule has 2 nitrogen and oxygen atoms in total. The summed E-state index contributed by atoms with van der Waals surface area (Å²) in [6.45, 7) is 0. The lowest BCUT2D eigenvalue weighted by atomic mass is 9.99. The molecule has 0 aliphatic heterocycles. The molecular formula is C54H38N2. The molecule has 0 amide bonds. The third-order valence-electron chi connectivity index (χ3n) is 10.8. The van der Waals surface area contributed by atoms with Gasteiger partial charge in [-0.1, -0.05) is 170 Å². The summed E-state index contributed by atoms with van der Waals surface area (Å²) in [5, 5.41) is 2.46. The molecule has 0 spiro atoms. The predicted octanol–water partition coefficient (Wildman–Crippen LogP) is 14.9. The first-order valence-corrected chi connectivity index (χ1v) is 19.2. The van der Waals surface area contributed by atoms with Gasteiger partial charge in [0.25, 0.3) is 0 Å². The second-order valence-electron chi connectivity index (χ2n) is 14.2. The minimum atomic E-state index is 1.09. The molecule has 264 valence electrons. The Morgan fingerprint density at radius 2 is 0.643 bits per heavy atom. The van der Waals surface area contributed by atoms with Gasteiger partial charge in [0, 0.05) is 33.5 Å². The number of nitrogens with zero attached hydrogens (tertiary/aromatic N) is 2. The Balaban J connectivity index is 1.08. The van der Waals surface area contributed by atoms with Crippen molar-refractivity contribution in [1.82, 2.24) is 4.57 Å². The third kappa shape index (κ3) is 6.24. The lowest BCUT2D eigenvalue weighted by molar-refractivity contribution is 1.18. The third-order valence-corrected chi connectivity index (χ3v) is 10.8. The quantitative estimate of drug-likeness (QED) is 0.152. The van der Waals surface area contributed by atoms with E-state index in [1.54, 1.807) is 0 Å². The SMILES string of the molecule is c1ccc(-c2ccc(N(c3ccc(-c4ccccc4)cc3)c3ccc4c5ccccc5n(-c5ccc(-c6cccc(-c7ccccc7)c6)cc5)c4c3)cc2)cc1. The van der Waals surface area contributed by atoms with Crippen molar-refractivity contribution in [2.45, 2.75) is 0 Å². The van der Waals surface area contributed by atoms with E-state index < -0.39 is 0 Å². The first-order chi connectivity index (χ1) is 27.8. The maximum Gasteiger partial charge on any atom is 0.0561 e. The Bertz CT molecular complexity index is 2830. The number of benzene rings is 9. The molecule has 9 aromatic carbocycles. The van der Waals surface area contributed by atoms with Crippen LogP contribution in [0, 0.1) is 0 Å². The molecule has 0 aliphatic rings. The maximum atomic E-state index is 2.41. The number of para-hydroxylation sites is 1. The van der Waals surface area contributed by atoms with Crippen molar-refractivity contribution in [2.75, 3.05) is 4.90 Å². The van der Waals surface area contributed by atoms with Gasteiger partial charge in [-0.05, 0) is 105 Å².